The number of carboxylic acids is 1. The second kappa shape index (κ2) is 5.57. The third kappa shape index (κ3) is 3.13. The SMILES string of the molecule is CC(Oc1cc(C(=O)O)cc2c1CC(C)(C)O2)c1ccccn1. The number of carbonyl (C=O) groups is 1. The van der Waals surface area contributed by atoms with Gasteiger partial charge in [0.25, 0.3) is 0 Å². The predicted octanol–water partition coefficient (Wildman–Crippen LogP) is 3.63. The highest BCUT2D eigenvalue weighted by Gasteiger charge is 2.34. The van der Waals surface area contributed by atoms with Crippen LogP contribution in [0.25, 0.3) is 0 Å². The Balaban J connectivity index is 1.97. The van der Waals surface area contributed by atoms with E-state index < -0.39 is 5.97 Å². The fraction of sp³-hybridized carbons (Fsp3) is 0.333. The summed E-state index contributed by atoms with van der Waals surface area (Å²) in [5.41, 5.74) is 1.49. The van der Waals surface area contributed by atoms with Gasteiger partial charge in [0.1, 0.15) is 23.2 Å². The maximum atomic E-state index is 11.3. The first kappa shape index (κ1) is 15.3. The lowest BCUT2D eigenvalue weighted by molar-refractivity contribution is 0.0694. The number of benzene rings is 1. The molecule has 0 radical (unpaired) electrons. The van der Waals surface area contributed by atoms with E-state index in [-0.39, 0.29) is 17.3 Å². The van der Waals surface area contributed by atoms with Gasteiger partial charge in [-0.25, -0.2) is 4.79 Å². The number of rotatable bonds is 4. The van der Waals surface area contributed by atoms with Gasteiger partial charge in [-0.2, -0.15) is 0 Å². The average molecular weight is 313 g/mol. The lowest BCUT2D eigenvalue weighted by Crippen LogP contribution is -2.24. The van der Waals surface area contributed by atoms with Crippen LogP contribution in [0.4, 0.5) is 0 Å². The minimum atomic E-state index is -1.00. The summed E-state index contributed by atoms with van der Waals surface area (Å²) < 4.78 is 11.9. The summed E-state index contributed by atoms with van der Waals surface area (Å²) in [4.78, 5) is 15.6. The van der Waals surface area contributed by atoms with Crippen LogP contribution in [0.15, 0.2) is 36.5 Å². The molecule has 0 saturated carbocycles. The predicted molar refractivity (Wildman–Crippen MR) is 85.1 cm³/mol. The fourth-order valence-electron chi connectivity index (χ4n) is 2.74. The minimum absolute atomic E-state index is 0.157. The molecule has 1 unspecified atom stereocenters. The fourth-order valence-corrected chi connectivity index (χ4v) is 2.74. The second-order valence-corrected chi connectivity index (χ2v) is 6.31. The van der Waals surface area contributed by atoms with Crippen molar-refractivity contribution in [2.45, 2.75) is 38.9 Å². The molecule has 1 atom stereocenters. The summed E-state index contributed by atoms with van der Waals surface area (Å²) in [6.45, 7) is 5.84. The Bertz CT molecular complexity index is 740. The van der Waals surface area contributed by atoms with E-state index in [4.69, 9.17) is 9.47 Å². The van der Waals surface area contributed by atoms with Crippen LogP contribution in [-0.4, -0.2) is 21.7 Å². The van der Waals surface area contributed by atoms with Gasteiger partial charge in [-0.3, -0.25) is 4.98 Å². The van der Waals surface area contributed by atoms with Gasteiger partial charge in [0.2, 0.25) is 0 Å². The highest BCUT2D eigenvalue weighted by molar-refractivity contribution is 5.89. The van der Waals surface area contributed by atoms with Crippen molar-refractivity contribution < 1.29 is 19.4 Å². The van der Waals surface area contributed by atoms with Crippen molar-refractivity contribution >= 4 is 5.97 Å². The molecule has 5 nitrogen and oxygen atoms in total. The normalized spacial score (nSPS) is 16.3. The minimum Gasteiger partial charge on any atom is -0.487 e. The molecule has 0 aliphatic carbocycles. The van der Waals surface area contributed by atoms with Crippen LogP contribution in [-0.2, 0) is 6.42 Å². The summed E-state index contributed by atoms with van der Waals surface area (Å²) in [7, 11) is 0. The quantitative estimate of drug-likeness (QED) is 0.933. The van der Waals surface area contributed by atoms with Crippen molar-refractivity contribution in [3.05, 3.63) is 53.3 Å². The van der Waals surface area contributed by atoms with E-state index in [9.17, 15) is 9.90 Å². The van der Waals surface area contributed by atoms with E-state index in [1.165, 1.54) is 0 Å². The molecule has 1 aliphatic heterocycles. The Hall–Kier alpha value is -2.56. The lowest BCUT2D eigenvalue weighted by atomic mass is 9.99. The van der Waals surface area contributed by atoms with Gasteiger partial charge in [-0.15, -0.1) is 0 Å². The number of aromatic carboxylic acids is 1. The molecule has 1 aromatic carbocycles. The lowest BCUT2D eigenvalue weighted by Gasteiger charge is -2.17. The van der Waals surface area contributed by atoms with Gasteiger partial charge in [0, 0.05) is 18.2 Å². The molecule has 3 rings (SSSR count). The Morgan fingerprint density at radius 2 is 2.17 bits per heavy atom. The maximum absolute atomic E-state index is 11.3. The number of nitrogens with zero attached hydrogens (tertiary/aromatic N) is 1. The molecule has 1 N–H and O–H groups in total. The molecule has 0 fully saturated rings. The van der Waals surface area contributed by atoms with E-state index >= 15 is 0 Å². The summed E-state index contributed by atoms with van der Waals surface area (Å²) in [6.07, 6.45) is 2.10. The molecule has 0 amide bonds. The van der Waals surface area contributed by atoms with Gasteiger partial charge in [-0.05, 0) is 45.0 Å². The van der Waals surface area contributed by atoms with Crippen LogP contribution in [0.3, 0.4) is 0 Å². The van der Waals surface area contributed by atoms with Crippen LogP contribution in [0.1, 0.15) is 48.5 Å². The van der Waals surface area contributed by atoms with Crippen molar-refractivity contribution in [3.63, 3.8) is 0 Å². The van der Waals surface area contributed by atoms with E-state index in [0.29, 0.717) is 17.9 Å². The molecule has 5 heteroatoms. The van der Waals surface area contributed by atoms with Gasteiger partial charge < -0.3 is 14.6 Å². The Morgan fingerprint density at radius 3 is 2.83 bits per heavy atom. The largest absolute Gasteiger partial charge is 0.487 e. The Kier molecular flexibility index (Phi) is 3.72. The zero-order valence-electron chi connectivity index (χ0n) is 13.4. The summed E-state index contributed by atoms with van der Waals surface area (Å²) in [6, 6.07) is 8.74. The molecule has 0 bridgehead atoms. The second-order valence-electron chi connectivity index (χ2n) is 6.31. The molecule has 120 valence electrons. The molecular formula is C18H19NO4. The number of hydrogen-bond acceptors (Lipinski definition) is 4. The number of fused-ring (bicyclic) bond motifs is 1. The summed E-state index contributed by atoms with van der Waals surface area (Å²) in [5.74, 6) is 0.123. The van der Waals surface area contributed by atoms with E-state index in [1.807, 2.05) is 39.0 Å². The van der Waals surface area contributed by atoms with Crippen molar-refractivity contribution in [3.8, 4) is 11.5 Å². The third-order valence-electron chi connectivity index (χ3n) is 3.81. The highest BCUT2D eigenvalue weighted by Crippen LogP contribution is 2.42. The molecule has 1 aliphatic rings. The van der Waals surface area contributed by atoms with Gasteiger partial charge in [0.15, 0.2) is 0 Å². The van der Waals surface area contributed by atoms with Crippen LogP contribution in [0, 0.1) is 0 Å². The van der Waals surface area contributed by atoms with Gasteiger partial charge in [0.05, 0.1) is 11.3 Å². The molecule has 0 saturated heterocycles. The van der Waals surface area contributed by atoms with E-state index in [1.54, 1.807) is 18.3 Å². The Morgan fingerprint density at radius 1 is 1.39 bits per heavy atom. The van der Waals surface area contributed by atoms with Crippen molar-refractivity contribution in [1.82, 2.24) is 4.98 Å². The first-order valence-corrected chi connectivity index (χ1v) is 7.52. The number of hydrogen-bond donors (Lipinski definition) is 1. The first-order chi connectivity index (χ1) is 10.9. The maximum Gasteiger partial charge on any atom is 0.335 e. The molecule has 0 spiro atoms. The van der Waals surface area contributed by atoms with Crippen molar-refractivity contribution in [2.75, 3.05) is 0 Å². The van der Waals surface area contributed by atoms with Crippen molar-refractivity contribution in [1.29, 1.82) is 0 Å². The standard InChI is InChI=1S/C18H19NO4/c1-11(14-6-4-5-7-19-14)22-15-8-12(17(20)21)9-16-13(15)10-18(2,3)23-16/h4-9,11H,10H2,1-3H3,(H,20,21). The van der Waals surface area contributed by atoms with Gasteiger partial charge in [-0.1, -0.05) is 6.07 Å². The zero-order valence-corrected chi connectivity index (χ0v) is 13.4. The van der Waals surface area contributed by atoms with Crippen LogP contribution >= 0.6 is 0 Å². The average Bonchev–Trinajstić information content (AvgIpc) is 2.82. The number of aromatic nitrogens is 1. The Labute approximate surface area is 134 Å². The van der Waals surface area contributed by atoms with Crippen molar-refractivity contribution in [2.24, 2.45) is 0 Å². The zero-order chi connectivity index (χ0) is 16.6. The molecular weight excluding hydrogens is 294 g/mol. The van der Waals surface area contributed by atoms with Crippen LogP contribution < -0.4 is 9.47 Å². The third-order valence-corrected chi connectivity index (χ3v) is 3.81. The van der Waals surface area contributed by atoms with E-state index in [2.05, 4.69) is 4.98 Å². The highest BCUT2D eigenvalue weighted by atomic mass is 16.5. The molecule has 2 aromatic rings. The van der Waals surface area contributed by atoms with Crippen LogP contribution in [0.5, 0.6) is 11.5 Å². The smallest absolute Gasteiger partial charge is 0.335 e. The van der Waals surface area contributed by atoms with Crippen LogP contribution in [0.2, 0.25) is 0 Å². The summed E-state index contributed by atoms with van der Waals surface area (Å²) in [5, 5.41) is 9.30. The monoisotopic (exact) mass is 313 g/mol. The molecule has 23 heavy (non-hydrogen) atoms. The topological polar surface area (TPSA) is 68.7 Å². The van der Waals surface area contributed by atoms with E-state index in [0.717, 1.165) is 11.3 Å². The number of ether oxygens (including phenoxy) is 2. The number of carboxylic acid groups (broad SMARTS) is 1. The number of pyridine rings is 1. The molecule has 1 aromatic heterocycles. The van der Waals surface area contributed by atoms with Gasteiger partial charge >= 0.3 is 5.97 Å². The first-order valence-electron chi connectivity index (χ1n) is 7.52. The summed E-state index contributed by atoms with van der Waals surface area (Å²) >= 11 is 0. The molecule has 2 heterocycles.